The average Bonchev–Trinajstić information content (AvgIpc) is 2.40. The summed E-state index contributed by atoms with van der Waals surface area (Å²) in [6.45, 7) is 6.75. The summed E-state index contributed by atoms with van der Waals surface area (Å²) in [6, 6.07) is 3.15. The predicted molar refractivity (Wildman–Crippen MR) is 82.3 cm³/mol. The molecule has 21 heavy (non-hydrogen) atoms. The van der Waals surface area contributed by atoms with Crippen molar-refractivity contribution in [2.75, 3.05) is 38.5 Å². The summed E-state index contributed by atoms with van der Waals surface area (Å²) in [4.78, 5) is 20.3. The van der Waals surface area contributed by atoms with Crippen molar-refractivity contribution >= 4 is 23.3 Å². The number of β-amino-alcohol motifs (C(OH)–C–C–N with tert-alkyl or cyclic N) is 1. The number of nitrogens with zero attached hydrogens (tertiary/aromatic N) is 3. The molecule has 2 heterocycles. The number of aromatic nitrogens is 1. The van der Waals surface area contributed by atoms with Crippen molar-refractivity contribution in [1.82, 2.24) is 14.8 Å². The number of piperazine rings is 1. The van der Waals surface area contributed by atoms with Gasteiger partial charge in [-0.25, -0.2) is 4.98 Å². The van der Waals surface area contributed by atoms with Crippen LogP contribution in [0.2, 0.25) is 5.02 Å². The maximum atomic E-state index is 12.4. The first-order valence-corrected chi connectivity index (χ1v) is 7.30. The quantitative estimate of drug-likeness (QED) is 0.864. The molecule has 7 heteroatoms. The summed E-state index contributed by atoms with van der Waals surface area (Å²) in [5.74, 6) is 0.0821. The van der Waals surface area contributed by atoms with Gasteiger partial charge in [0.1, 0.15) is 11.5 Å². The molecule has 0 aromatic carbocycles. The van der Waals surface area contributed by atoms with Gasteiger partial charge in [-0.3, -0.25) is 9.69 Å². The van der Waals surface area contributed by atoms with Gasteiger partial charge in [0.2, 0.25) is 0 Å². The molecule has 1 aromatic heterocycles. The molecule has 1 fully saturated rings. The smallest absolute Gasteiger partial charge is 0.274 e. The maximum Gasteiger partial charge on any atom is 0.274 e. The van der Waals surface area contributed by atoms with Crippen molar-refractivity contribution < 1.29 is 9.90 Å². The summed E-state index contributed by atoms with van der Waals surface area (Å²) in [6.07, 6.45) is 0. The van der Waals surface area contributed by atoms with Gasteiger partial charge < -0.3 is 15.7 Å². The van der Waals surface area contributed by atoms with Crippen LogP contribution >= 0.6 is 11.6 Å². The lowest BCUT2D eigenvalue weighted by Gasteiger charge is -2.37. The Labute approximate surface area is 129 Å². The number of carbonyl (C=O) groups is 1. The molecule has 0 radical (unpaired) electrons. The topological polar surface area (TPSA) is 82.7 Å². The van der Waals surface area contributed by atoms with Crippen LogP contribution in [0.1, 0.15) is 24.3 Å². The fraction of sp³-hybridized carbons (Fsp3) is 0.571. The standard InChI is InChI=1S/C14H21ClN4O2/c1-14(2,21)9-18-5-7-19(8-6-18)13(20)12-10(15)3-4-11(16)17-12/h3-4,21H,5-9H2,1-2H3,(H2,16,17). The Balaban J connectivity index is 1.99. The third-order valence-corrected chi connectivity index (χ3v) is 3.65. The van der Waals surface area contributed by atoms with Gasteiger partial charge in [-0.05, 0) is 26.0 Å². The van der Waals surface area contributed by atoms with E-state index in [1.807, 2.05) is 0 Å². The number of aliphatic hydroxyl groups is 1. The minimum atomic E-state index is -0.731. The lowest BCUT2D eigenvalue weighted by atomic mass is 10.1. The molecule has 116 valence electrons. The minimum Gasteiger partial charge on any atom is -0.389 e. The van der Waals surface area contributed by atoms with Gasteiger partial charge in [0.15, 0.2) is 0 Å². The highest BCUT2D eigenvalue weighted by Crippen LogP contribution is 2.18. The van der Waals surface area contributed by atoms with Crippen LogP contribution in [0.4, 0.5) is 5.82 Å². The predicted octanol–water partition coefficient (Wildman–Crippen LogP) is 0.846. The number of anilines is 1. The third kappa shape index (κ3) is 4.30. The molecule has 2 rings (SSSR count). The zero-order valence-electron chi connectivity index (χ0n) is 12.3. The van der Waals surface area contributed by atoms with E-state index >= 15 is 0 Å². The van der Waals surface area contributed by atoms with E-state index in [0.717, 1.165) is 13.1 Å². The minimum absolute atomic E-state index is 0.199. The number of pyridine rings is 1. The normalized spacial score (nSPS) is 17.0. The first-order chi connectivity index (χ1) is 9.76. The van der Waals surface area contributed by atoms with E-state index < -0.39 is 5.60 Å². The summed E-state index contributed by atoms with van der Waals surface area (Å²) < 4.78 is 0. The first kappa shape index (κ1) is 16.0. The fourth-order valence-electron chi connectivity index (χ4n) is 2.41. The molecular formula is C14H21ClN4O2. The van der Waals surface area contributed by atoms with Gasteiger partial charge in [-0.1, -0.05) is 11.6 Å². The van der Waals surface area contributed by atoms with Gasteiger partial charge in [-0.15, -0.1) is 0 Å². The Kier molecular flexibility index (Phi) is 4.70. The van der Waals surface area contributed by atoms with Gasteiger partial charge in [0.25, 0.3) is 5.91 Å². The Bertz CT molecular complexity index is 522. The first-order valence-electron chi connectivity index (χ1n) is 6.92. The van der Waals surface area contributed by atoms with E-state index in [1.54, 1.807) is 30.9 Å². The van der Waals surface area contributed by atoms with Crippen LogP contribution in [-0.4, -0.2) is 64.1 Å². The van der Waals surface area contributed by atoms with Crippen molar-refractivity contribution in [2.45, 2.75) is 19.4 Å². The van der Waals surface area contributed by atoms with Crippen LogP contribution in [0.3, 0.4) is 0 Å². The second kappa shape index (κ2) is 6.17. The van der Waals surface area contributed by atoms with E-state index in [4.69, 9.17) is 17.3 Å². The highest BCUT2D eigenvalue weighted by atomic mass is 35.5. The highest BCUT2D eigenvalue weighted by molar-refractivity contribution is 6.33. The molecule has 1 aliphatic rings. The number of rotatable bonds is 3. The Morgan fingerprint density at radius 3 is 2.57 bits per heavy atom. The molecule has 0 bridgehead atoms. The SMILES string of the molecule is CC(C)(O)CN1CCN(C(=O)c2nc(N)ccc2Cl)CC1. The van der Waals surface area contributed by atoms with Gasteiger partial charge in [0.05, 0.1) is 10.6 Å². The molecule has 0 unspecified atom stereocenters. The second-order valence-electron chi connectivity index (χ2n) is 5.95. The van der Waals surface area contributed by atoms with Crippen molar-refractivity contribution in [1.29, 1.82) is 0 Å². The molecule has 1 amide bonds. The van der Waals surface area contributed by atoms with E-state index in [0.29, 0.717) is 24.7 Å². The van der Waals surface area contributed by atoms with Crippen LogP contribution in [0.25, 0.3) is 0 Å². The summed E-state index contributed by atoms with van der Waals surface area (Å²) in [5, 5.41) is 10.1. The van der Waals surface area contributed by atoms with Crippen LogP contribution in [0.15, 0.2) is 12.1 Å². The Morgan fingerprint density at radius 2 is 2.00 bits per heavy atom. The number of carbonyl (C=O) groups excluding carboxylic acids is 1. The molecular weight excluding hydrogens is 292 g/mol. The van der Waals surface area contributed by atoms with Crippen LogP contribution in [-0.2, 0) is 0 Å². The lowest BCUT2D eigenvalue weighted by molar-refractivity contribution is 0.0177. The fourth-order valence-corrected chi connectivity index (χ4v) is 2.60. The maximum absolute atomic E-state index is 12.4. The third-order valence-electron chi connectivity index (χ3n) is 3.34. The highest BCUT2D eigenvalue weighted by Gasteiger charge is 2.27. The van der Waals surface area contributed by atoms with Crippen LogP contribution in [0.5, 0.6) is 0 Å². The summed E-state index contributed by atoms with van der Waals surface area (Å²) in [7, 11) is 0. The van der Waals surface area contributed by atoms with E-state index in [2.05, 4.69) is 9.88 Å². The molecule has 0 saturated carbocycles. The molecule has 6 nitrogen and oxygen atoms in total. The molecule has 1 aromatic rings. The van der Waals surface area contributed by atoms with Crippen molar-refractivity contribution in [3.8, 4) is 0 Å². The van der Waals surface area contributed by atoms with E-state index in [-0.39, 0.29) is 17.4 Å². The van der Waals surface area contributed by atoms with E-state index in [9.17, 15) is 9.90 Å². The van der Waals surface area contributed by atoms with Gasteiger partial charge in [-0.2, -0.15) is 0 Å². The summed E-state index contributed by atoms with van der Waals surface area (Å²) in [5.41, 5.74) is 5.08. The second-order valence-corrected chi connectivity index (χ2v) is 6.35. The zero-order valence-corrected chi connectivity index (χ0v) is 13.1. The van der Waals surface area contributed by atoms with E-state index in [1.165, 1.54) is 0 Å². The molecule has 0 spiro atoms. The average molecular weight is 313 g/mol. The molecule has 1 saturated heterocycles. The largest absolute Gasteiger partial charge is 0.389 e. The molecule has 3 N–H and O–H groups in total. The van der Waals surface area contributed by atoms with Crippen molar-refractivity contribution in [3.63, 3.8) is 0 Å². The Morgan fingerprint density at radius 1 is 1.38 bits per heavy atom. The molecule has 0 atom stereocenters. The van der Waals surface area contributed by atoms with Crippen LogP contribution < -0.4 is 5.73 Å². The van der Waals surface area contributed by atoms with Crippen LogP contribution in [0, 0.1) is 0 Å². The van der Waals surface area contributed by atoms with Gasteiger partial charge in [0, 0.05) is 32.7 Å². The monoisotopic (exact) mass is 312 g/mol. The number of amides is 1. The summed E-state index contributed by atoms with van der Waals surface area (Å²) >= 11 is 6.02. The van der Waals surface area contributed by atoms with Gasteiger partial charge >= 0.3 is 0 Å². The number of nitrogens with two attached hydrogens (primary N) is 1. The molecule has 0 aliphatic carbocycles. The number of hydrogen-bond acceptors (Lipinski definition) is 5. The van der Waals surface area contributed by atoms with Crippen molar-refractivity contribution in [2.24, 2.45) is 0 Å². The zero-order chi connectivity index (χ0) is 15.6. The number of nitrogen functional groups attached to an aromatic ring is 1. The Hall–Kier alpha value is -1.37. The van der Waals surface area contributed by atoms with Crippen molar-refractivity contribution in [3.05, 3.63) is 22.8 Å². The number of hydrogen-bond donors (Lipinski definition) is 2. The molecule has 1 aliphatic heterocycles. The number of halogens is 1. The lowest BCUT2D eigenvalue weighted by Crippen LogP contribution is -2.52.